The molecule has 0 aromatic heterocycles. The Hall–Kier alpha value is -3.02. The molecule has 0 saturated heterocycles. The van der Waals surface area contributed by atoms with Crippen LogP contribution in [0.2, 0.25) is 0 Å². The molecule has 0 radical (unpaired) electrons. The van der Waals surface area contributed by atoms with Gasteiger partial charge in [-0.25, -0.2) is 4.79 Å². The Balaban J connectivity index is 1.64. The number of anilines is 2. The molecule has 25 heavy (non-hydrogen) atoms. The maximum Gasteiger partial charge on any atom is 0.319 e. The monoisotopic (exact) mass is 339 g/mol. The molecule has 3 amide bonds. The van der Waals surface area contributed by atoms with Gasteiger partial charge in [0.2, 0.25) is 5.91 Å². The number of urea groups is 1. The summed E-state index contributed by atoms with van der Waals surface area (Å²) >= 11 is 0. The molecule has 0 aliphatic carbocycles. The van der Waals surface area contributed by atoms with Crippen molar-refractivity contribution in [3.8, 4) is 5.75 Å². The van der Waals surface area contributed by atoms with E-state index in [0.29, 0.717) is 23.7 Å². The van der Waals surface area contributed by atoms with Crippen LogP contribution in [0.1, 0.15) is 19.4 Å². The Labute approximate surface area is 146 Å². The highest BCUT2D eigenvalue weighted by atomic mass is 16.5. The van der Waals surface area contributed by atoms with Crippen LogP contribution in [-0.4, -0.2) is 18.5 Å². The number of nitrogens with one attached hydrogen (secondary N) is 3. The van der Waals surface area contributed by atoms with Crippen molar-refractivity contribution in [1.29, 1.82) is 0 Å². The zero-order valence-corrected chi connectivity index (χ0v) is 14.3. The Morgan fingerprint density at radius 3 is 2.72 bits per heavy atom. The van der Waals surface area contributed by atoms with E-state index in [1.165, 1.54) is 0 Å². The Bertz CT molecular complexity index is 788. The zero-order valence-electron chi connectivity index (χ0n) is 14.3. The molecule has 0 fully saturated rings. The summed E-state index contributed by atoms with van der Waals surface area (Å²) in [7, 11) is 0. The number of hydrogen-bond acceptors (Lipinski definition) is 3. The van der Waals surface area contributed by atoms with E-state index in [2.05, 4.69) is 16.0 Å². The molecular formula is C19H21N3O3. The van der Waals surface area contributed by atoms with Gasteiger partial charge in [0.05, 0.1) is 11.1 Å². The van der Waals surface area contributed by atoms with E-state index in [9.17, 15) is 9.59 Å². The number of carbonyl (C=O) groups is 2. The fourth-order valence-electron chi connectivity index (χ4n) is 2.39. The van der Waals surface area contributed by atoms with E-state index >= 15 is 0 Å². The summed E-state index contributed by atoms with van der Waals surface area (Å²) < 4.78 is 5.73. The minimum Gasteiger partial charge on any atom is -0.490 e. The number of amides is 3. The molecule has 1 aliphatic rings. The smallest absolute Gasteiger partial charge is 0.319 e. The largest absolute Gasteiger partial charge is 0.490 e. The first-order chi connectivity index (χ1) is 11.9. The molecule has 6 nitrogen and oxygen atoms in total. The summed E-state index contributed by atoms with van der Waals surface area (Å²) in [5.74, 6) is 0.451. The third kappa shape index (κ3) is 4.09. The van der Waals surface area contributed by atoms with E-state index in [4.69, 9.17) is 4.74 Å². The first-order valence-corrected chi connectivity index (χ1v) is 8.11. The summed E-state index contributed by atoms with van der Waals surface area (Å²) in [6.45, 7) is 4.36. The number of carbonyl (C=O) groups excluding carboxylic acids is 2. The van der Waals surface area contributed by atoms with Crippen molar-refractivity contribution in [3.63, 3.8) is 0 Å². The third-order valence-corrected chi connectivity index (χ3v) is 3.99. The normalized spacial score (nSPS) is 15.2. The van der Waals surface area contributed by atoms with Gasteiger partial charge in [-0.2, -0.15) is 0 Å². The van der Waals surface area contributed by atoms with Crippen molar-refractivity contribution >= 4 is 23.3 Å². The van der Waals surface area contributed by atoms with Crippen molar-refractivity contribution in [3.05, 3.63) is 54.1 Å². The Kier molecular flexibility index (Phi) is 4.61. The van der Waals surface area contributed by atoms with Crippen molar-refractivity contribution in [1.82, 2.24) is 5.32 Å². The summed E-state index contributed by atoms with van der Waals surface area (Å²) in [4.78, 5) is 24.2. The predicted molar refractivity (Wildman–Crippen MR) is 96.6 cm³/mol. The second-order valence-electron chi connectivity index (χ2n) is 6.63. The SMILES string of the molecule is CC1(C)COc2cc(NC(=O)NCc3ccccc3)ccc2NC1=O. The molecule has 0 unspecified atom stereocenters. The first-order valence-electron chi connectivity index (χ1n) is 8.11. The quantitative estimate of drug-likeness (QED) is 0.802. The number of rotatable bonds is 3. The lowest BCUT2D eigenvalue weighted by Gasteiger charge is -2.18. The number of benzene rings is 2. The van der Waals surface area contributed by atoms with Gasteiger partial charge in [0.25, 0.3) is 0 Å². The second-order valence-corrected chi connectivity index (χ2v) is 6.63. The van der Waals surface area contributed by atoms with Crippen LogP contribution in [0.3, 0.4) is 0 Å². The van der Waals surface area contributed by atoms with E-state index in [-0.39, 0.29) is 18.5 Å². The van der Waals surface area contributed by atoms with Crippen LogP contribution in [0.5, 0.6) is 5.75 Å². The van der Waals surface area contributed by atoms with Gasteiger partial charge in [-0.15, -0.1) is 0 Å². The zero-order chi connectivity index (χ0) is 17.9. The number of ether oxygens (including phenoxy) is 1. The van der Waals surface area contributed by atoms with Crippen molar-refractivity contribution in [2.75, 3.05) is 17.2 Å². The highest BCUT2D eigenvalue weighted by molar-refractivity contribution is 5.97. The number of fused-ring (bicyclic) bond motifs is 1. The molecule has 0 bridgehead atoms. The summed E-state index contributed by atoms with van der Waals surface area (Å²) in [6, 6.07) is 14.5. The Morgan fingerprint density at radius 1 is 1.20 bits per heavy atom. The van der Waals surface area contributed by atoms with Gasteiger partial charge in [0, 0.05) is 18.3 Å². The van der Waals surface area contributed by atoms with Gasteiger partial charge in [-0.3, -0.25) is 4.79 Å². The predicted octanol–water partition coefficient (Wildman–Crippen LogP) is 3.37. The molecule has 2 aromatic carbocycles. The van der Waals surface area contributed by atoms with Crippen LogP contribution < -0.4 is 20.7 Å². The van der Waals surface area contributed by atoms with Crippen LogP contribution in [0.25, 0.3) is 0 Å². The maximum absolute atomic E-state index is 12.1. The van der Waals surface area contributed by atoms with Crippen molar-refractivity contribution in [2.45, 2.75) is 20.4 Å². The molecule has 2 aromatic rings. The molecule has 0 spiro atoms. The molecule has 6 heteroatoms. The summed E-state index contributed by atoms with van der Waals surface area (Å²) in [5.41, 5.74) is 1.61. The van der Waals surface area contributed by atoms with E-state index < -0.39 is 5.41 Å². The summed E-state index contributed by atoms with van der Waals surface area (Å²) in [6.07, 6.45) is 0. The molecule has 1 heterocycles. The van der Waals surface area contributed by atoms with Gasteiger partial charge in [0.1, 0.15) is 12.4 Å². The van der Waals surface area contributed by atoms with Crippen LogP contribution in [0.15, 0.2) is 48.5 Å². The van der Waals surface area contributed by atoms with Crippen LogP contribution in [0, 0.1) is 5.41 Å². The van der Waals surface area contributed by atoms with Gasteiger partial charge < -0.3 is 20.7 Å². The molecule has 3 rings (SSSR count). The highest BCUT2D eigenvalue weighted by Crippen LogP contribution is 2.34. The molecule has 0 saturated carbocycles. The fourth-order valence-corrected chi connectivity index (χ4v) is 2.39. The minimum atomic E-state index is -0.611. The standard InChI is InChI=1S/C19H21N3O3/c1-19(2)12-25-16-10-14(8-9-15(16)22-17(19)23)21-18(24)20-11-13-6-4-3-5-7-13/h3-10H,11-12H2,1-2H3,(H,22,23)(H2,20,21,24). The van der Waals surface area contributed by atoms with Crippen molar-refractivity contribution < 1.29 is 14.3 Å². The molecule has 1 aliphatic heterocycles. The Morgan fingerprint density at radius 2 is 1.96 bits per heavy atom. The van der Waals surface area contributed by atoms with Crippen LogP contribution in [-0.2, 0) is 11.3 Å². The average Bonchev–Trinajstić information content (AvgIpc) is 2.71. The van der Waals surface area contributed by atoms with Gasteiger partial charge in [0.15, 0.2) is 0 Å². The molecule has 130 valence electrons. The average molecular weight is 339 g/mol. The number of hydrogen-bond donors (Lipinski definition) is 3. The van der Waals surface area contributed by atoms with Gasteiger partial charge in [-0.1, -0.05) is 30.3 Å². The fraction of sp³-hybridized carbons (Fsp3) is 0.263. The van der Waals surface area contributed by atoms with Gasteiger partial charge >= 0.3 is 6.03 Å². The topological polar surface area (TPSA) is 79.5 Å². The van der Waals surface area contributed by atoms with E-state index in [1.807, 2.05) is 44.2 Å². The molecular weight excluding hydrogens is 318 g/mol. The van der Waals surface area contributed by atoms with E-state index in [1.54, 1.807) is 18.2 Å². The summed E-state index contributed by atoms with van der Waals surface area (Å²) in [5, 5.41) is 8.42. The lowest BCUT2D eigenvalue weighted by atomic mass is 9.94. The minimum absolute atomic E-state index is 0.0902. The first kappa shape index (κ1) is 16.8. The third-order valence-electron chi connectivity index (χ3n) is 3.99. The maximum atomic E-state index is 12.1. The lowest BCUT2D eigenvalue weighted by molar-refractivity contribution is -0.124. The second kappa shape index (κ2) is 6.84. The molecule has 0 atom stereocenters. The van der Waals surface area contributed by atoms with Crippen molar-refractivity contribution in [2.24, 2.45) is 5.41 Å². The van der Waals surface area contributed by atoms with Crippen LogP contribution >= 0.6 is 0 Å². The van der Waals surface area contributed by atoms with E-state index in [0.717, 1.165) is 5.56 Å². The lowest BCUT2D eigenvalue weighted by Crippen LogP contribution is -2.33. The van der Waals surface area contributed by atoms with Crippen LogP contribution in [0.4, 0.5) is 16.2 Å². The van der Waals surface area contributed by atoms with Gasteiger partial charge in [-0.05, 0) is 31.5 Å². The molecule has 3 N–H and O–H groups in total. The highest BCUT2D eigenvalue weighted by Gasteiger charge is 2.32.